The molecule has 2 bridgehead atoms. The van der Waals surface area contributed by atoms with Crippen molar-refractivity contribution in [2.75, 3.05) is 13.1 Å². The van der Waals surface area contributed by atoms with Gasteiger partial charge in [0, 0.05) is 12.5 Å². The van der Waals surface area contributed by atoms with E-state index >= 15 is 0 Å². The summed E-state index contributed by atoms with van der Waals surface area (Å²) in [6, 6.07) is 5.68. The molecule has 3 heterocycles. The maximum atomic E-state index is 12.7. The van der Waals surface area contributed by atoms with Gasteiger partial charge in [-0.15, -0.1) is 0 Å². The van der Waals surface area contributed by atoms with Gasteiger partial charge >= 0.3 is 6.18 Å². The summed E-state index contributed by atoms with van der Waals surface area (Å²) in [5.41, 5.74) is 0.163. The fourth-order valence-corrected chi connectivity index (χ4v) is 2.83. The van der Waals surface area contributed by atoms with Crippen LogP contribution in [0.15, 0.2) is 24.3 Å². The lowest BCUT2D eigenvalue weighted by molar-refractivity contribution is -0.137. The van der Waals surface area contributed by atoms with Crippen molar-refractivity contribution in [2.45, 2.75) is 19.0 Å². The van der Waals surface area contributed by atoms with Gasteiger partial charge in [0.25, 0.3) is 0 Å². The molecule has 2 radical (unpaired) electrons. The summed E-state index contributed by atoms with van der Waals surface area (Å²) in [6.07, 6.45) is -2.14. The molecule has 18 heavy (non-hydrogen) atoms. The van der Waals surface area contributed by atoms with Gasteiger partial charge in [0.2, 0.25) is 0 Å². The Morgan fingerprint density at radius 1 is 1.11 bits per heavy atom. The van der Waals surface area contributed by atoms with Crippen molar-refractivity contribution in [1.82, 2.24) is 4.90 Å². The van der Waals surface area contributed by atoms with Crippen LogP contribution in [-0.4, -0.2) is 18.0 Å². The maximum absolute atomic E-state index is 12.7. The lowest BCUT2D eigenvalue weighted by Gasteiger charge is -2.44. The molecule has 0 amide bonds. The summed E-state index contributed by atoms with van der Waals surface area (Å²) < 4.78 is 38.1. The third-order valence-electron chi connectivity index (χ3n) is 3.81. The van der Waals surface area contributed by atoms with Gasteiger partial charge in [0.1, 0.15) is 0 Å². The number of hydrogen-bond acceptors (Lipinski definition) is 1. The molecule has 3 aliphatic heterocycles. The second-order valence-electron chi connectivity index (χ2n) is 4.97. The maximum Gasteiger partial charge on any atom is 0.416 e. The van der Waals surface area contributed by atoms with E-state index in [1.54, 1.807) is 6.07 Å². The Morgan fingerprint density at radius 3 is 2.39 bits per heavy atom. The number of halogens is 3. The van der Waals surface area contributed by atoms with Gasteiger partial charge in [0.15, 0.2) is 0 Å². The molecule has 1 nitrogen and oxygen atoms in total. The first-order valence-corrected chi connectivity index (χ1v) is 6.17. The zero-order valence-electron chi connectivity index (χ0n) is 9.87. The predicted molar refractivity (Wildman–Crippen MR) is 62.4 cm³/mol. The molecule has 1 aromatic rings. The summed E-state index contributed by atoms with van der Waals surface area (Å²) >= 11 is 0. The van der Waals surface area contributed by atoms with Crippen LogP contribution >= 0.6 is 0 Å². The van der Waals surface area contributed by atoms with Crippen LogP contribution in [-0.2, 0) is 6.18 Å². The highest BCUT2D eigenvalue weighted by atomic mass is 19.4. The smallest absolute Gasteiger partial charge is 0.298 e. The monoisotopic (exact) mass is 253 g/mol. The molecule has 4 heteroatoms. The Bertz CT molecular complexity index is 433. The highest BCUT2D eigenvalue weighted by Gasteiger charge is 2.37. The molecule has 3 fully saturated rings. The molecule has 0 spiro atoms. The minimum Gasteiger partial charge on any atom is -0.298 e. The van der Waals surface area contributed by atoms with Gasteiger partial charge in [0.05, 0.1) is 5.56 Å². The van der Waals surface area contributed by atoms with Crippen molar-refractivity contribution >= 4 is 0 Å². The number of hydrogen-bond donors (Lipinski definition) is 0. The van der Waals surface area contributed by atoms with Crippen LogP contribution in [0.25, 0.3) is 0 Å². The SMILES string of the molecule is FC(F)(F)c1cccc([C]2[CH]N3CCC2CC3)c1. The van der Waals surface area contributed by atoms with Gasteiger partial charge in [-0.3, -0.25) is 4.90 Å². The minimum atomic E-state index is -4.26. The van der Waals surface area contributed by atoms with Crippen LogP contribution in [0.5, 0.6) is 0 Å². The quantitative estimate of drug-likeness (QED) is 0.740. The lowest BCUT2D eigenvalue weighted by atomic mass is 9.75. The van der Waals surface area contributed by atoms with E-state index in [-0.39, 0.29) is 0 Å². The van der Waals surface area contributed by atoms with Crippen LogP contribution < -0.4 is 0 Å². The number of nitrogens with zero attached hydrogens (tertiary/aromatic N) is 1. The Morgan fingerprint density at radius 2 is 1.83 bits per heavy atom. The standard InChI is InChI=1S/C14H14F3N/c15-14(16,17)12-3-1-2-11(8-12)13-9-18-6-4-10(13)5-7-18/h1-3,8-10H,4-7H2. The van der Waals surface area contributed by atoms with E-state index in [1.165, 1.54) is 12.1 Å². The van der Waals surface area contributed by atoms with Crippen LogP contribution in [0.1, 0.15) is 24.0 Å². The molecule has 0 atom stereocenters. The van der Waals surface area contributed by atoms with Crippen molar-refractivity contribution in [3.05, 3.63) is 47.9 Å². The number of fused-ring (bicyclic) bond motifs is 3. The summed E-state index contributed by atoms with van der Waals surface area (Å²) in [5.74, 6) is 1.50. The van der Waals surface area contributed by atoms with Crippen molar-refractivity contribution in [2.24, 2.45) is 5.92 Å². The van der Waals surface area contributed by atoms with Crippen LogP contribution in [0.4, 0.5) is 13.2 Å². The van der Waals surface area contributed by atoms with E-state index in [1.807, 2.05) is 6.54 Å². The van der Waals surface area contributed by atoms with E-state index < -0.39 is 11.7 Å². The molecule has 0 aliphatic carbocycles. The second-order valence-corrected chi connectivity index (χ2v) is 4.97. The molecular weight excluding hydrogens is 239 g/mol. The predicted octanol–water partition coefficient (Wildman–Crippen LogP) is 3.52. The lowest BCUT2D eigenvalue weighted by Crippen LogP contribution is -2.43. The molecule has 0 saturated carbocycles. The first kappa shape index (κ1) is 12.0. The number of rotatable bonds is 1. The van der Waals surface area contributed by atoms with E-state index in [4.69, 9.17) is 0 Å². The normalized spacial score (nSPS) is 28.6. The van der Waals surface area contributed by atoms with Crippen molar-refractivity contribution in [3.8, 4) is 0 Å². The zero-order valence-corrected chi connectivity index (χ0v) is 9.87. The van der Waals surface area contributed by atoms with Gasteiger partial charge in [-0.2, -0.15) is 13.2 Å². The van der Waals surface area contributed by atoms with Crippen molar-refractivity contribution in [3.63, 3.8) is 0 Å². The van der Waals surface area contributed by atoms with E-state index in [0.29, 0.717) is 5.92 Å². The molecule has 0 aromatic heterocycles. The van der Waals surface area contributed by atoms with Crippen LogP contribution in [0.2, 0.25) is 0 Å². The van der Waals surface area contributed by atoms with E-state index in [2.05, 4.69) is 4.90 Å². The summed E-state index contributed by atoms with van der Waals surface area (Å²) in [4.78, 5) is 2.20. The highest BCUT2D eigenvalue weighted by molar-refractivity contribution is 5.41. The van der Waals surface area contributed by atoms with E-state index in [0.717, 1.165) is 43.5 Å². The van der Waals surface area contributed by atoms with E-state index in [9.17, 15) is 13.2 Å². The largest absolute Gasteiger partial charge is 0.416 e. The first-order valence-electron chi connectivity index (χ1n) is 6.17. The van der Waals surface area contributed by atoms with Crippen LogP contribution in [0.3, 0.4) is 0 Å². The summed E-state index contributed by atoms with van der Waals surface area (Å²) in [6.45, 7) is 4.10. The van der Waals surface area contributed by atoms with Gasteiger partial charge < -0.3 is 0 Å². The molecule has 1 aromatic carbocycles. The molecular formula is C14H14F3N. The molecule has 3 saturated heterocycles. The van der Waals surface area contributed by atoms with Crippen molar-refractivity contribution < 1.29 is 13.2 Å². The zero-order chi connectivity index (χ0) is 12.8. The van der Waals surface area contributed by atoms with Gasteiger partial charge in [-0.25, -0.2) is 0 Å². The second kappa shape index (κ2) is 4.26. The van der Waals surface area contributed by atoms with Crippen molar-refractivity contribution in [1.29, 1.82) is 0 Å². The third kappa shape index (κ3) is 2.14. The Hall–Kier alpha value is -1.03. The summed E-state index contributed by atoms with van der Waals surface area (Å²) in [5, 5.41) is 0. The first-order chi connectivity index (χ1) is 8.54. The molecule has 0 unspecified atom stereocenters. The number of piperidine rings is 3. The highest BCUT2D eigenvalue weighted by Crippen LogP contribution is 2.41. The molecule has 4 rings (SSSR count). The minimum absolute atomic E-state index is 0.429. The third-order valence-corrected chi connectivity index (χ3v) is 3.81. The fourth-order valence-electron chi connectivity index (χ4n) is 2.83. The molecule has 0 N–H and O–H groups in total. The fraction of sp³-hybridized carbons (Fsp3) is 0.429. The Labute approximate surface area is 105 Å². The molecule has 96 valence electrons. The Balaban J connectivity index is 1.88. The average Bonchev–Trinajstić information content (AvgIpc) is 2.39. The average molecular weight is 253 g/mol. The summed E-state index contributed by atoms with van der Waals surface area (Å²) in [7, 11) is 0. The van der Waals surface area contributed by atoms with Crippen LogP contribution in [0, 0.1) is 18.4 Å². The van der Waals surface area contributed by atoms with Gasteiger partial charge in [-0.1, -0.05) is 18.2 Å². The Kier molecular flexibility index (Phi) is 2.85. The number of benzene rings is 1. The molecule has 3 aliphatic rings. The topological polar surface area (TPSA) is 3.24 Å². The number of alkyl halides is 3. The van der Waals surface area contributed by atoms with Gasteiger partial charge in [-0.05, 0) is 43.5 Å².